The molecule has 3 rings (SSSR count). The highest BCUT2D eigenvalue weighted by atomic mass is 35.5. The fourth-order valence-corrected chi connectivity index (χ4v) is 3.77. The number of piperidine rings is 1. The van der Waals surface area contributed by atoms with Crippen molar-refractivity contribution in [1.82, 2.24) is 9.88 Å². The first-order valence-corrected chi connectivity index (χ1v) is 7.68. The van der Waals surface area contributed by atoms with Crippen LogP contribution in [-0.4, -0.2) is 52.5 Å². The molecular weight excluding hydrogens is 306 g/mol. The van der Waals surface area contributed by atoms with Gasteiger partial charge in [0.05, 0.1) is 16.5 Å². The van der Waals surface area contributed by atoms with Crippen LogP contribution in [0, 0.1) is 5.92 Å². The Labute approximate surface area is 133 Å². The second kappa shape index (κ2) is 5.43. The predicted octanol–water partition coefficient (Wildman–Crippen LogP) is 1.64. The van der Waals surface area contributed by atoms with E-state index in [9.17, 15) is 14.7 Å². The van der Waals surface area contributed by atoms with E-state index in [4.69, 9.17) is 11.6 Å². The number of rotatable bonds is 2. The Bertz CT molecular complexity index is 597. The van der Waals surface area contributed by atoms with Crippen LogP contribution in [0.4, 0.5) is 5.82 Å². The number of aromatic nitrogens is 1. The number of hydrogen-bond acceptors (Lipinski definition) is 4. The molecule has 2 aliphatic rings. The van der Waals surface area contributed by atoms with E-state index in [1.165, 1.54) is 0 Å². The zero-order valence-corrected chi connectivity index (χ0v) is 13.1. The highest BCUT2D eigenvalue weighted by molar-refractivity contribution is 6.30. The standard InChI is InChI=1S/C15H18ClN3O3/c1-18-13(20)8-11(14(21)22)15(18)4-6-19(7-5-15)12-3-2-10(16)9-17-12/h2-3,9,11H,4-8H2,1H3,(H,21,22). The van der Waals surface area contributed by atoms with Gasteiger partial charge >= 0.3 is 5.97 Å². The average Bonchev–Trinajstić information content (AvgIpc) is 2.75. The lowest BCUT2D eigenvalue weighted by molar-refractivity contribution is -0.145. The summed E-state index contributed by atoms with van der Waals surface area (Å²) in [7, 11) is 1.72. The van der Waals surface area contributed by atoms with Gasteiger partial charge in [0, 0.05) is 32.8 Å². The highest BCUT2D eigenvalue weighted by Gasteiger charge is 2.55. The van der Waals surface area contributed by atoms with Gasteiger partial charge in [-0.15, -0.1) is 0 Å². The summed E-state index contributed by atoms with van der Waals surface area (Å²) in [6, 6.07) is 3.65. The minimum atomic E-state index is -0.879. The Morgan fingerprint density at radius 1 is 1.41 bits per heavy atom. The quantitative estimate of drug-likeness (QED) is 0.895. The lowest BCUT2D eigenvalue weighted by atomic mass is 9.77. The van der Waals surface area contributed by atoms with E-state index in [-0.39, 0.29) is 12.3 Å². The number of carbonyl (C=O) groups is 2. The van der Waals surface area contributed by atoms with Crippen LogP contribution in [0.2, 0.25) is 5.02 Å². The van der Waals surface area contributed by atoms with Crippen molar-refractivity contribution in [3.63, 3.8) is 0 Å². The van der Waals surface area contributed by atoms with E-state index in [2.05, 4.69) is 9.88 Å². The maximum atomic E-state index is 12.0. The zero-order valence-electron chi connectivity index (χ0n) is 12.3. The second-order valence-electron chi connectivity index (χ2n) is 5.97. The van der Waals surface area contributed by atoms with Crippen molar-refractivity contribution >= 4 is 29.3 Å². The van der Waals surface area contributed by atoms with E-state index in [0.717, 1.165) is 5.82 Å². The van der Waals surface area contributed by atoms with Crippen molar-refractivity contribution in [3.8, 4) is 0 Å². The zero-order chi connectivity index (χ0) is 15.9. The van der Waals surface area contributed by atoms with Gasteiger partial charge in [0.15, 0.2) is 0 Å². The Morgan fingerprint density at radius 2 is 2.09 bits per heavy atom. The molecule has 1 spiro atoms. The number of amides is 1. The normalized spacial score (nSPS) is 24.1. The first-order valence-electron chi connectivity index (χ1n) is 7.30. The number of hydrogen-bond donors (Lipinski definition) is 1. The second-order valence-corrected chi connectivity index (χ2v) is 6.41. The van der Waals surface area contributed by atoms with E-state index in [0.29, 0.717) is 31.0 Å². The highest BCUT2D eigenvalue weighted by Crippen LogP contribution is 2.43. The van der Waals surface area contributed by atoms with Gasteiger partial charge in [0.25, 0.3) is 0 Å². The molecule has 1 amide bonds. The molecule has 1 aromatic heterocycles. The first-order chi connectivity index (χ1) is 10.4. The fraction of sp³-hybridized carbons (Fsp3) is 0.533. The predicted molar refractivity (Wildman–Crippen MR) is 81.9 cm³/mol. The van der Waals surface area contributed by atoms with E-state index in [1.54, 1.807) is 24.2 Å². The third-order valence-corrected chi connectivity index (χ3v) is 5.26. The summed E-state index contributed by atoms with van der Waals surface area (Å²) >= 11 is 5.85. The Morgan fingerprint density at radius 3 is 2.64 bits per heavy atom. The van der Waals surface area contributed by atoms with Crippen molar-refractivity contribution in [2.75, 3.05) is 25.0 Å². The monoisotopic (exact) mass is 323 g/mol. The number of carboxylic acid groups (broad SMARTS) is 1. The van der Waals surface area contributed by atoms with Gasteiger partial charge in [-0.2, -0.15) is 0 Å². The molecule has 3 heterocycles. The van der Waals surface area contributed by atoms with Crippen molar-refractivity contribution in [3.05, 3.63) is 23.4 Å². The number of carbonyl (C=O) groups excluding carboxylic acids is 1. The van der Waals surface area contributed by atoms with E-state index >= 15 is 0 Å². The maximum Gasteiger partial charge on any atom is 0.309 e. The summed E-state index contributed by atoms with van der Waals surface area (Å²) in [5, 5.41) is 10.0. The van der Waals surface area contributed by atoms with Crippen LogP contribution in [0.1, 0.15) is 19.3 Å². The van der Waals surface area contributed by atoms with Crippen LogP contribution in [-0.2, 0) is 9.59 Å². The molecule has 0 aliphatic carbocycles. The largest absolute Gasteiger partial charge is 0.481 e. The molecule has 0 aromatic carbocycles. The van der Waals surface area contributed by atoms with Gasteiger partial charge in [-0.1, -0.05) is 11.6 Å². The summed E-state index contributed by atoms with van der Waals surface area (Å²) in [5.41, 5.74) is -0.564. The number of nitrogens with zero attached hydrogens (tertiary/aromatic N) is 3. The summed E-state index contributed by atoms with van der Waals surface area (Å²) in [5.74, 6) is -0.746. The van der Waals surface area contributed by atoms with Gasteiger partial charge in [0.2, 0.25) is 5.91 Å². The molecule has 1 unspecified atom stereocenters. The van der Waals surface area contributed by atoms with Gasteiger partial charge < -0.3 is 14.9 Å². The van der Waals surface area contributed by atoms with Gasteiger partial charge in [0.1, 0.15) is 5.82 Å². The van der Waals surface area contributed by atoms with Gasteiger partial charge in [-0.3, -0.25) is 9.59 Å². The Balaban J connectivity index is 1.78. The third kappa shape index (κ3) is 2.31. The van der Waals surface area contributed by atoms with Crippen LogP contribution in [0.5, 0.6) is 0 Å². The number of carboxylic acids is 1. The lowest BCUT2D eigenvalue weighted by Gasteiger charge is -2.45. The molecule has 0 bridgehead atoms. The van der Waals surface area contributed by atoms with E-state index < -0.39 is 17.4 Å². The van der Waals surface area contributed by atoms with Crippen LogP contribution < -0.4 is 4.90 Å². The van der Waals surface area contributed by atoms with Crippen molar-refractivity contribution < 1.29 is 14.7 Å². The lowest BCUT2D eigenvalue weighted by Crippen LogP contribution is -2.56. The van der Waals surface area contributed by atoms with Crippen LogP contribution in [0.3, 0.4) is 0 Å². The Kier molecular flexibility index (Phi) is 3.72. The molecule has 2 aliphatic heterocycles. The average molecular weight is 324 g/mol. The molecule has 2 fully saturated rings. The number of halogens is 1. The van der Waals surface area contributed by atoms with Crippen molar-refractivity contribution in [2.45, 2.75) is 24.8 Å². The summed E-state index contributed by atoms with van der Waals surface area (Å²) < 4.78 is 0. The molecule has 2 saturated heterocycles. The SMILES string of the molecule is CN1C(=O)CC(C(=O)O)C12CCN(c1ccc(Cl)cn1)CC2. The molecule has 0 radical (unpaired) electrons. The third-order valence-electron chi connectivity index (χ3n) is 5.03. The maximum absolute atomic E-state index is 12.0. The number of anilines is 1. The molecule has 1 N–H and O–H groups in total. The number of aliphatic carboxylic acids is 1. The van der Waals surface area contributed by atoms with Crippen molar-refractivity contribution in [1.29, 1.82) is 0 Å². The Hall–Kier alpha value is -1.82. The molecule has 1 atom stereocenters. The summed E-state index contributed by atoms with van der Waals surface area (Å²) in [6.45, 7) is 1.35. The smallest absolute Gasteiger partial charge is 0.309 e. The number of likely N-dealkylation sites (tertiary alicyclic amines) is 1. The topological polar surface area (TPSA) is 73.7 Å². The summed E-state index contributed by atoms with van der Waals surface area (Å²) in [6.07, 6.45) is 2.98. The molecule has 22 heavy (non-hydrogen) atoms. The molecule has 1 aromatic rings. The summed E-state index contributed by atoms with van der Waals surface area (Å²) in [4.78, 5) is 31.6. The van der Waals surface area contributed by atoms with Crippen LogP contribution in [0.25, 0.3) is 0 Å². The molecule has 118 valence electrons. The molecule has 6 nitrogen and oxygen atoms in total. The first kappa shape index (κ1) is 15.1. The fourth-order valence-electron chi connectivity index (χ4n) is 3.66. The molecular formula is C15H18ClN3O3. The number of pyridine rings is 1. The minimum Gasteiger partial charge on any atom is -0.481 e. The van der Waals surface area contributed by atoms with Crippen LogP contribution >= 0.6 is 11.6 Å². The van der Waals surface area contributed by atoms with Crippen molar-refractivity contribution in [2.24, 2.45) is 5.92 Å². The van der Waals surface area contributed by atoms with Gasteiger partial charge in [-0.25, -0.2) is 4.98 Å². The van der Waals surface area contributed by atoms with Gasteiger partial charge in [-0.05, 0) is 25.0 Å². The van der Waals surface area contributed by atoms with E-state index in [1.807, 2.05) is 6.07 Å². The van der Waals surface area contributed by atoms with Crippen LogP contribution in [0.15, 0.2) is 18.3 Å². The molecule has 0 saturated carbocycles. The molecule has 7 heteroatoms. The minimum absolute atomic E-state index is 0.0783.